The fourth-order valence-electron chi connectivity index (χ4n) is 2.17. The Morgan fingerprint density at radius 1 is 1.23 bits per heavy atom. The van der Waals surface area contributed by atoms with Gasteiger partial charge in [-0.2, -0.15) is 4.68 Å². The van der Waals surface area contributed by atoms with Crippen LogP contribution in [0.25, 0.3) is 16.4 Å². The van der Waals surface area contributed by atoms with E-state index in [0.29, 0.717) is 6.54 Å². The molecule has 2 aromatic heterocycles. The average molecular weight is 315 g/mol. The zero-order valence-electron chi connectivity index (χ0n) is 12.7. The number of benzene rings is 1. The molecule has 0 bridgehead atoms. The van der Waals surface area contributed by atoms with Gasteiger partial charge in [0, 0.05) is 17.0 Å². The van der Waals surface area contributed by atoms with Crippen molar-refractivity contribution in [1.29, 1.82) is 0 Å². The van der Waals surface area contributed by atoms with Gasteiger partial charge in [0.05, 0.1) is 12.8 Å². The number of aromatic nitrogens is 4. The summed E-state index contributed by atoms with van der Waals surface area (Å²) in [6, 6.07) is 7.76. The van der Waals surface area contributed by atoms with E-state index in [1.54, 1.807) is 23.1 Å². The zero-order chi connectivity index (χ0) is 15.7. The highest BCUT2D eigenvalue weighted by molar-refractivity contribution is 7.14. The minimum absolute atomic E-state index is 0.324. The maximum atomic E-state index is 5.81. The molecule has 114 valence electrons. The van der Waals surface area contributed by atoms with Crippen molar-refractivity contribution in [2.75, 3.05) is 7.11 Å². The first-order chi connectivity index (χ1) is 10.6. The normalized spacial score (nSPS) is 10.9. The minimum atomic E-state index is 0.324. The van der Waals surface area contributed by atoms with Crippen molar-refractivity contribution in [1.82, 2.24) is 20.0 Å². The third kappa shape index (κ3) is 2.49. The summed E-state index contributed by atoms with van der Waals surface area (Å²) in [7, 11) is 1.65. The lowest BCUT2D eigenvalue weighted by atomic mass is 10.1. The number of hydrogen-bond acceptors (Lipinski definition) is 6. The minimum Gasteiger partial charge on any atom is -0.497 e. The number of aryl methyl sites for hydroxylation is 2. The Bertz CT molecular complexity index is 771. The molecule has 0 amide bonds. The maximum Gasteiger partial charge on any atom is 0.212 e. The summed E-state index contributed by atoms with van der Waals surface area (Å²) in [4.78, 5) is 5.73. The number of methoxy groups -OCH3 is 1. The second kappa shape index (κ2) is 5.86. The predicted octanol–water partition coefficient (Wildman–Crippen LogP) is 2.47. The molecule has 2 heterocycles. The highest BCUT2D eigenvalue weighted by atomic mass is 32.1. The Balaban J connectivity index is 2.14. The quantitative estimate of drug-likeness (QED) is 0.800. The molecule has 0 aliphatic heterocycles. The van der Waals surface area contributed by atoms with Crippen LogP contribution in [0.1, 0.15) is 16.3 Å². The van der Waals surface area contributed by atoms with Crippen molar-refractivity contribution in [3.8, 4) is 22.1 Å². The molecule has 6 nitrogen and oxygen atoms in total. The summed E-state index contributed by atoms with van der Waals surface area (Å²) in [6.45, 7) is 4.36. The van der Waals surface area contributed by atoms with Crippen molar-refractivity contribution in [3.63, 3.8) is 0 Å². The number of nitrogens with zero attached hydrogens (tertiary/aromatic N) is 4. The average Bonchev–Trinajstić information content (AvgIpc) is 3.11. The van der Waals surface area contributed by atoms with Crippen LogP contribution in [-0.2, 0) is 6.54 Å². The van der Waals surface area contributed by atoms with E-state index in [2.05, 4.69) is 15.3 Å². The molecule has 2 N–H and O–H groups in total. The van der Waals surface area contributed by atoms with E-state index in [0.717, 1.165) is 33.5 Å². The standard InChI is InChI=1S/C15H17N5OS/c1-9-10(2)22-15(17-9)20-14(13(8-16)18-19-20)11-4-6-12(21-3)7-5-11/h4-7H,8,16H2,1-3H3. The Kier molecular flexibility index (Phi) is 3.91. The van der Waals surface area contributed by atoms with Crippen LogP contribution in [0.4, 0.5) is 0 Å². The number of thiazole rings is 1. The van der Waals surface area contributed by atoms with Crippen LogP contribution in [-0.4, -0.2) is 27.1 Å². The lowest BCUT2D eigenvalue weighted by Crippen LogP contribution is -2.02. The van der Waals surface area contributed by atoms with Crippen LogP contribution in [0.2, 0.25) is 0 Å². The van der Waals surface area contributed by atoms with Crippen LogP contribution >= 0.6 is 11.3 Å². The summed E-state index contributed by atoms with van der Waals surface area (Å²) in [6.07, 6.45) is 0. The molecule has 22 heavy (non-hydrogen) atoms. The van der Waals surface area contributed by atoms with E-state index < -0.39 is 0 Å². The first kappa shape index (κ1) is 14.7. The maximum absolute atomic E-state index is 5.81. The van der Waals surface area contributed by atoms with E-state index in [1.165, 1.54) is 4.88 Å². The van der Waals surface area contributed by atoms with Crippen molar-refractivity contribution >= 4 is 11.3 Å². The summed E-state index contributed by atoms with van der Waals surface area (Å²) >= 11 is 1.59. The number of rotatable bonds is 4. The van der Waals surface area contributed by atoms with Gasteiger partial charge in [-0.05, 0) is 38.1 Å². The SMILES string of the molecule is COc1ccc(-c2c(CN)nnn2-c2nc(C)c(C)s2)cc1. The Morgan fingerprint density at radius 3 is 2.50 bits per heavy atom. The molecule has 0 spiro atoms. The molecule has 1 aromatic carbocycles. The molecule has 0 saturated heterocycles. The molecule has 0 aliphatic carbocycles. The van der Waals surface area contributed by atoms with Gasteiger partial charge in [0.2, 0.25) is 5.13 Å². The van der Waals surface area contributed by atoms with E-state index in [1.807, 2.05) is 38.1 Å². The van der Waals surface area contributed by atoms with E-state index >= 15 is 0 Å². The Morgan fingerprint density at radius 2 is 1.95 bits per heavy atom. The van der Waals surface area contributed by atoms with Crippen molar-refractivity contribution in [2.24, 2.45) is 5.73 Å². The lowest BCUT2D eigenvalue weighted by molar-refractivity contribution is 0.415. The molecule has 0 unspecified atom stereocenters. The van der Waals surface area contributed by atoms with Gasteiger partial charge in [0.15, 0.2) is 0 Å². The highest BCUT2D eigenvalue weighted by Crippen LogP contribution is 2.29. The monoisotopic (exact) mass is 315 g/mol. The van der Waals surface area contributed by atoms with Crippen LogP contribution in [0.15, 0.2) is 24.3 Å². The van der Waals surface area contributed by atoms with Crippen molar-refractivity contribution in [3.05, 3.63) is 40.5 Å². The van der Waals surface area contributed by atoms with E-state index in [-0.39, 0.29) is 0 Å². The van der Waals surface area contributed by atoms with Gasteiger partial charge in [0.25, 0.3) is 0 Å². The zero-order valence-corrected chi connectivity index (χ0v) is 13.5. The Labute approximate surface area is 132 Å². The first-order valence-corrected chi connectivity index (χ1v) is 7.69. The summed E-state index contributed by atoms with van der Waals surface area (Å²) < 4.78 is 6.96. The molecule has 0 aliphatic rings. The Hall–Kier alpha value is -2.25. The van der Waals surface area contributed by atoms with Gasteiger partial charge in [-0.3, -0.25) is 0 Å². The van der Waals surface area contributed by atoms with Gasteiger partial charge in [-0.15, -0.1) is 5.10 Å². The summed E-state index contributed by atoms with van der Waals surface area (Å²) in [5.41, 5.74) is 9.42. The van der Waals surface area contributed by atoms with Gasteiger partial charge in [-0.25, -0.2) is 4.98 Å². The molecule has 0 fully saturated rings. The molecule has 7 heteroatoms. The number of nitrogens with two attached hydrogens (primary N) is 1. The van der Waals surface area contributed by atoms with Gasteiger partial charge in [-0.1, -0.05) is 16.6 Å². The van der Waals surface area contributed by atoms with Crippen molar-refractivity contribution < 1.29 is 4.74 Å². The molecule has 0 atom stereocenters. The van der Waals surface area contributed by atoms with Gasteiger partial charge in [0.1, 0.15) is 17.1 Å². The highest BCUT2D eigenvalue weighted by Gasteiger charge is 2.18. The molecular formula is C15H17N5OS. The third-order valence-corrected chi connectivity index (χ3v) is 4.54. The van der Waals surface area contributed by atoms with Crippen molar-refractivity contribution in [2.45, 2.75) is 20.4 Å². The van der Waals surface area contributed by atoms with E-state index in [9.17, 15) is 0 Å². The van der Waals surface area contributed by atoms with Crippen LogP contribution in [0.3, 0.4) is 0 Å². The molecule has 0 radical (unpaired) electrons. The number of hydrogen-bond donors (Lipinski definition) is 1. The topological polar surface area (TPSA) is 78.9 Å². The molecule has 3 rings (SSSR count). The lowest BCUT2D eigenvalue weighted by Gasteiger charge is -2.06. The fourth-order valence-corrected chi connectivity index (χ4v) is 3.03. The fraction of sp³-hybridized carbons (Fsp3) is 0.267. The largest absolute Gasteiger partial charge is 0.497 e. The summed E-state index contributed by atoms with van der Waals surface area (Å²) in [5.74, 6) is 0.804. The molecule has 0 saturated carbocycles. The third-order valence-electron chi connectivity index (χ3n) is 3.50. The van der Waals surface area contributed by atoms with Gasteiger partial charge >= 0.3 is 0 Å². The summed E-state index contributed by atoms with van der Waals surface area (Å²) in [5, 5.41) is 9.23. The van der Waals surface area contributed by atoms with Crippen LogP contribution in [0, 0.1) is 13.8 Å². The smallest absolute Gasteiger partial charge is 0.212 e. The second-order valence-electron chi connectivity index (χ2n) is 4.87. The molecular weight excluding hydrogens is 298 g/mol. The van der Waals surface area contributed by atoms with Gasteiger partial charge < -0.3 is 10.5 Å². The second-order valence-corrected chi connectivity index (χ2v) is 6.05. The van der Waals surface area contributed by atoms with Crippen LogP contribution in [0.5, 0.6) is 5.75 Å². The first-order valence-electron chi connectivity index (χ1n) is 6.87. The van der Waals surface area contributed by atoms with E-state index in [4.69, 9.17) is 10.5 Å². The number of ether oxygens (including phenoxy) is 1. The van der Waals surface area contributed by atoms with Crippen LogP contribution < -0.4 is 10.5 Å². The predicted molar refractivity (Wildman–Crippen MR) is 86.4 cm³/mol. The molecule has 3 aromatic rings.